The van der Waals surface area contributed by atoms with Crippen molar-refractivity contribution < 1.29 is 9.72 Å². The number of benzene rings is 1. The van der Waals surface area contributed by atoms with Crippen LogP contribution in [0.1, 0.15) is 25.8 Å². The molecule has 0 aliphatic rings. The van der Waals surface area contributed by atoms with Crippen LogP contribution in [-0.4, -0.2) is 16.9 Å². The zero-order valence-corrected chi connectivity index (χ0v) is 11.3. The van der Waals surface area contributed by atoms with Crippen LogP contribution in [0, 0.1) is 27.4 Å². The van der Waals surface area contributed by atoms with E-state index < -0.39 is 4.92 Å². The van der Waals surface area contributed by atoms with E-state index in [4.69, 9.17) is 11.0 Å². The molecule has 7 heteroatoms. The fourth-order valence-electron chi connectivity index (χ4n) is 1.51. The summed E-state index contributed by atoms with van der Waals surface area (Å²) in [4.78, 5) is 22.1. The number of carbonyl (C=O) groups excluding carboxylic acids is 1. The zero-order chi connectivity index (χ0) is 15.3. The molecule has 1 unspecified atom stereocenters. The second-order valence-corrected chi connectivity index (χ2v) is 4.76. The smallest absolute Gasteiger partial charge is 0.294 e. The summed E-state index contributed by atoms with van der Waals surface area (Å²) >= 11 is 0. The van der Waals surface area contributed by atoms with E-state index in [-0.39, 0.29) is 41.2 Å². The second-order valence-electron chi connectivity index (χ2n) is 4.76. The van der Waals surface area contributed by atoms with Crippen LogP contribution in [0.5, 0.6) is 0 Å². The lowest BCUT2D eigenvalue weighted by Gasteiger charge is -2.15. The Hall–Kier alpha value is -2.46. The normalized spacial score (nSPS) is 11.8. The Labute approximate surface area is 116 Å². The predicted molar refractivity (Wildman–Crippen MR) is 73.9 cm³/mol. The van der Waals surface area contributed by atoms with E-state index in [0.717, 1.165) is 6.07 Å². The van der Waals surface area contributed by atoms with Crippen LogP contribution in [0.3, 0.4) is 0 Å². The van der Waals surface area contributed by atoms with Crippen molar-refractivity contribution in [3.8, 4) is 6.07 Å². The van der Waals surface area contributed by atoms with Gasteiger partial charge in [-0.05, 0) is 18.1 Å². The van der Waals surface area contributed by atoms with Crippen molar-refractivity contribution in [1.82, 2.24) is 0 Å². The molecule has 7 nitrogen and oxygen atoms in total. The molecule has 1 aromatic rings. The van der Waals surface area contributed by atoms with Crippen molar-refractivity contribution >= 4 is 17.3 Å². The number of nitrogens with one attached hydrogen (secondary N) is 1. The molecule has 0 aliphatic heterocycles. The number of carbonyl (C=O) groups is 1. The zero-order valence-electron chi connectivity index (χ0n) is 11.3. The topological polar surface area (TPSA) is 122 Å². The highest BCUT2D eigenvalue weighted by atomic mass is 16.6. The first-order valence-corrected chi connectivity index (χ1v) is 6.09. The quantitative estimate of drug-likeness (QED) is 0.627. The first kappa shape index (κ1) is 15.6. The third-order valence-electron chi connectivity index (χ3n) is 2.88. The average molecular weight is 276 g/mol. The monoisotopic (exact) mass is 276 g/mol. The summed E-state index contributed by atoms with van der Waals surface area (Å²) in [5, 5.41) is 22.1. The minimum absolute atomic E-state index is 0.0648. The number of nitro benzene ring substituents is 1. The number of nitro groups is 1. The number of nitrogens with two attached hydrogens (primary N) is 1. The molecule has 1 aromatic carbocycles. The van der Waals surface area contributed by atoms with Gasteiger partial charge in [-0.3, -0.25) is 14.9 Å². The Morgan fingerprint density at radius 1 is 1.55 bits per heavy atom. The number of hydrogen-bond acceptors (Lipinski definition) is 5. The van der Waals surface area contributed by atoms with Crippen molar-refractivity contribution in [2.45, 2.75) is 26.3 Å². The maximum Gasteiger partial charge on any atom is 0.294 e. The molecule has 3 N–H and O–H groups in total. The van der Waals surface area contributed by atoms with Gasteiger partial charge in [-0.2, -0.15) is 5.26 Å². The molecular formula is C13H16N4O3. The molecule has 1 amide bonds. The van der Waals surface area contributed by atoms with Gasteiger partial charge in [0.25, 0.3) is 5.69 Å². The van der Waals surface area contributed by atoms with Crippen LogP contribution >= 0.6 is 0 Å². The van der Waals surface area contributed by atoms with Gasteiger partial charge in [-0.25, -0.2) is 0 Å². The van der Waals surface area contributed by atoms with E-state index in [1.807, 2.05) is 19.9 Å². The Balaban J connectivity index is 2.90. The summed E-state index contributed by atoms with van der Waals surface area (Å²) < 4.78 is 0. The minimum Gasteiger partial charge on any atom is -0.327 e. The molecule has 1 rings (SSSR count). The molecule has 0 saturated heterocycles. The van der Waals surface area contributed by atoms with Crippen molar-refractivity contribution in [3.05, 3.63) is 33.9 Å². The standard InChI is InChI=1S/C13H16N4O3/c1-8(2)10(15)6-13(18)16-11-4-3-9(7-14)5-12(11)17(19)20/h3-5,8,10H,6,15H2,1-2H3,(H,16,18). The van der Waals surface area contributed by atoms with Crippen LogP contribution in [0.15, 0.2) is 18.2 Å². The maximum absolute atomic E-state index is 11.8. The number of nitrogens with zero attached hydrogens (tertiary/aromatic N) is 2. The van der Waals surface area contributed by atoms with Crippen LogP contribution in [0.4, 0.5) is 11.4 Å². The Kier molecular flexibility index (Phi) is 5.17. The lowest BCUT2D eigenvalue weighted by Crippen LogP contribution is -2.31. The SMILES string of the molecule is CC(C)C(N)CC(=O)Nc1ccc(C#N)cc1[N+](=O)[O-]. The van der Waals surface area contributed by atoms with Crippen molar-refractivity contribution in [2.75, 3.05) is 5.32 Å². The van der Waals surface area contributed by atoms with Gasteiger partial charge in [-0.1, -0.05) is 13.8 Å². The third kappa shape index (κ3) is 4.03. The minimum atomic E-state index is -0.640. The average Bonchev–Trinajstić information content (AvgIpc) is 2.38. The fraction of sp³-hybridized carbons (Fsp3) is 0.385. The molecule has 0 radical (unpaired) electrons. The third-order valence-corrected chi connectivity index (χ3v) is 2.88. The van der Waals surface area contributed by atoms with E-state index in [0.29, 0.717) is 0 Å². The molecule has 0 aromatic heterocycles. The van der Waals surface area contributed by atoms with Crippen LogP contribution in [0.25, 0.3) is 0 Å². The molecule has 1 atom stereocenters. The van der Waals surface area contributed by atoms with Crippen molar-refractivity contribution in [2.24, 2.45) is 11.7 Å². The summed E-state index contributed by atoms with van der Waals surface area (Å²) in [6.07, 6.45) is 0.0782. The summed E-state index contributed by atoms with van der Waals surface area (Å²) in [6, 6.07) is 5.37. The largest absolute Gasteiger partial charge is 0.327 e. The number of rotatable bonds is 5. The van der Waals surface area contributed by atoms with E-state index in [9.17, 15) is 14.9 Å². The molecule has 0 saturated carbocycles. The van der Waals surface area contributed by atoms with Crippen LogP contribution in [0.2, 0.25) is 0 Å². The number of nitriles is 1. The maximum atomic E-state index is 11.8. The fourth-order valence-corrected chi connectivity index (χ4v) is 1.51. The highest BCUT2D eigenvalue weighted by Crippen LogP contribution is 2.25. The van der Waals surface area contributed by atoms with Gasteiger partial charge >= 0.3 is 0 Å². The van der Waals surface area contributed by atoms with Gasteiger partial charge in [-0.15, -0.1) is 0 Å². The summed E-state index contributed by atoms with van der Waals surface area (Å²) in [6.45, 7) is 3.78. The number of hydrogen-bond donors (Lipinski definition) is 2. The lowest BCUT2D eigenvalue weighted by atomic mass is 10.0. The van der Waals surface area contributed by atoms with Crippen molar-refractivity contribution in [3.63, 3.8) is 0 Å². The molecule has 20 heavy (non-hydrogen) atoms. The summed E-state index contributed by atoms with van der Waals surface area (Å²) in [7, 11) is 0. The highest BCUT2D eigenvalue weighted by molar-refractivity contribution is 5.93. The number of amides is 1. The molecule has 0 bridgehead atoms. The molecule has 0 fully saturated rings. The number of anilines is 1. The lowest BCUT2D eigenvalue weighted by molar-refractivity contribution is -0.383. The molecule has 0 spiro atoms. The highest BCUT2D eigenvalue weighted by Gasteiger charge is 2.19. The molecule has 106 valence electrons. The molecular weight excluding hydrogens is 260 g/mol. The van der Waals surface area contributed by atoms with Gasteiger partial charge in [0.1, 0.15) is 5.69 Å². The Morgan fingerprint density at radius 2 is 2.20 bits per heavy atom. The van der Waals surface area contributed by atoms with Crippen molar-refractivity contribution in [1.29, 1.82) is 5.26 Å². The van der Waals surface area contributed by atoms with Gasteiger partial charge < -0.3 is 11.1 Å². The molecule has 0 aliphatic carbocycles. The van der Waals surface area contributed by atoms with E-state index >= 15 is 0 Å². The van der Waals surface area contributed by atoms with Gasteiger partial charge in [0.15, 0.2) is 0 Å². The van der Waals surface area contributed by atoms with Crippen LogP contribution in [-0.2, 0) is 4.79 Å². The van der Waals surface area contributed by atoms with E-state index in [1.54, 1.807) is 0 Å². The predicted octanol–water partition coefficient (Wildman–Crippen LogP) is 1.78. The van der Waals surface area contributed by atoms with E-state index in [1.165, 1.54) is 12.1 Å². The van der Waals surface area contributed by atoms with Gasteiger partial charge in [0, 0.05) is 18.5 Å². The first-order chi connectivity index (χ1) is 9.35. The van der Waals surface area contributed by atoms with Crippen LogP contribution < -0.4 is 11.1 Å². The summed E-state index contributed by atoms with van der Waals surface area (Å²) in [5.74, 6) is -0.254. The van der Waals surface area contributed by atoms with E-state index in [2.05, 4.69) is 5.32 Å². The second kappa shape index (κ2) is 6.63. The summed E-state index contributed by atoms with van der Waals surface area (Å²) in [5.41, 5.74) is 5.69. The molecule has 0 heterocycles. The first-order valence-electron chi connectivity index (χ1n) is 6.09. The Morgan fingerprint density at radius 3 is 2.70 bits per heavy atom. The van der Waals surface area contributed by atoms with Gasteiger partial charge in [0.2, 0.25) is 5.91 Å². The Bertz CT molecular complexity index is 563. The van der Waals surface area contributed by atoms with Gasteiger partial charge in [0.05, 0.1) is 16.6 Å².